The number of hydrogen-bond donors (Lipinski definition) is 1. The van der Waals surface area contributed by atoms with E-state index in [0.717, 1.165) is 42.0 Å². The van der Waals surface area contributed by atoms with Crippen molar-refractivity contribution in [2.45, 2.75) is 25.7 Å². The van der Waals surface area contributed by atoms with Crippen molar-refractivity contribution in [3.05, 3.63) is 29.3 Å². The number of ketones is 1. The summed E-state index contributed by atoms with van der Waals surface area (Å²) in [4.78, 5) is 24.2. The standard InChI is InChI=1S/C19H21N3O4/c1-22-19(24)4-3-14(21-22)16(23)11-15-13-10-18-17(25-7-2-8-26-18)9-12(13)5-6-20-15/h9-11,20H,2-8H2,1H3. The van der Waals surface area contributed by atoms with Gasteiger partial charge in [0.25, 0.3) is 0 Å². The molecular weight excluding hydrogens is 334 g/mol. The van der Waals surface area contributed by atoms with Crippen molar-refractivity contribution in [3.8, 4) is 11.5 Å². The molecular formula is C19H21N3O4. The van der Waals surface area contributed by atoms with E-state index in [9.17, 15) is 9.59 Å². The first-order valence-corrected chi connectivity index (χ1v) is 8.88. The average molecular weight is 355 g/mol. The van der Waals surface area contributed by atoms with Gasteiger partial charge in [-0.15, -0.1) is 0 Å². The minimum Gasteiger partial charge on any atom is -0.490 e. The molecule has 1 aromatic carbocycles. The lowest BCUT2D eigenvalue weighted by molar-refractivity contribution is -0.130. The third kappa shape index (κ3) is 3.16. The highest BCUT2D eigenvalue weighted by Crippen LogP contribution is 2.36. The van der Waals surface area contributed by atoms with E-state index < -0.39 is 0 Å². The molecule has 1 amide bonds. The number of nitrogens with one attached hydrogen (secondary N) is 1. The van der Waals surface area contributed by atoms with Crippen molar-refractivity contribution >= 4 is 23.1 Å². The van der Waals surface area contributed by atoms with E-state index >= 15 is 0 Å². The van der Waals surface area contributed by atoms with E-state index in [4.69, 9.17) is 9.47 Å². The topological polar surface area (TPSA) is 80.2 Å². The number of ether oxygens (including phenoxy) is 2. The number of allylic oxidation sites excluding steroid dienone is 1. The van der Waals surface area contributed by atoms with Gasteiger partial charge < -0.3 is 14.8 Å². The molecule has 0 unspecified atom stereocenters. The first-order chi connectivity index (χ1) is 12.6. The summed E-state index contributed by atoms with van der Waals surface area (Å²) in [7, 11) is 1.57. The Morgan fingerprint density at radius 3 is 2.73 bits per heavy atom. The summed E-state index contributed by atoms with van der Waals surface area (Å²) < 4.78 is 11.5. The Bertz CT molecular complexity index is 828. The van der Waals surface area contributed by atoms with Crippen molar-refractivity contribution < 1.29 is 19.1 Å². The number of amides is 1. The van der Waals surface area contributed by atoms with E-state index in [1.54, 1.807) is 13.1 Å². The van der Waals surface area contributed by atoms with Gasteiger partial charge in [-0.25, -0.2) is 5.01 Å². The SMILES string of the molecule is CN1N=C(C(=O)C=C2NCCc3cc4c(cc32)OCCCO4)CCC1=O. The summed E-state index contributed by atoms with van der Waals surface area (Å²) in [6.45, 7) is 2.02. The number of fused-ring (bicyclic) bond motifs is 2. The highest BCUT2D eigenvalue weighted by Gasteiger charge is 2.24. The molecule has 4 rings (SSSR count). The van der Waals surface area contributed by atoms with Crippen molar-refractivity contribution in [1.29, 1.82) is 0 Å². The molecule has 0 bridgehead atoms. The van der Waals surface area contributed by atoms with Gasteiger partial charge in [0.2, 0.25) is 11.7 Å². The minimum absolute atomic E-state index is 0.0739. The van der Waals surface area contributed by atoms with Crippen LogP contribution in [0.1, 0.15) is 30.4 Å². The Morgan fingerprint density at radius 1 is 1.19 bits per heavy atom. The van der Waals surface area contributed by atoms with Gasteiger partial charge in [0, 0.05) is 50.2 Å². The molecule has 7 heteroatoms. The average Bonchev–Trinajstić information content (AvgIpc) is 2.87. The predicted molar refractivity (Wildman–Crippen MR) is 96.2 cm³/mol. The maximum Gasteiger partial charge on any atom is 0.242 e. The summed E-state index contributed by atoms with van der Waals surface area (Å²) >= 11 is 0. The van der Waals surface area contributed by atoms with Crippen LogP contribution in [0.25, 0.3) is 5.70 Å². The zero-order chi connectivity index (χ0) is 18.1. The largest absolute Gasteiger partial charge is 0.490 e. The molecule has 3 heterocycles. The van der Waals surface area contributed by atoms with Crippen LogP contribution in [-0.4, -0.2) is 49.2 Å². The summed E-state index contributed by atoms with van der Waals surface area (Å²) in [6, 6.07) is 3.96. The van der Waals surface area contributed by atoms with Crippen molar-refractivity contribution in [3.63, 3.8) is 0 Å². The summed E-state index contributed by atoms with van der Waals surface area (Å²) in [5, 5.41) is 8.64. The highest BCUT2D eigenvalue weighted by molar-refractivity contribution is 6.45. The Morgan fingerprint density at radius 2 is 1.96 bits per heavy atom. The van der Waals surface area contributed by atoms with Crippen LogP contribution in [0.3, 0.4) is 0 Å². The Balaban J connectivity index is 1.66. The predicted octanol–water partition coefficient (Wildman–Crippen LogP) is 1.51. The number of carbonyl (C=O) groups is 2. The second-order valence-electron chi connectivity index (χ2n) is 6.57. The fourth-order valence-electron chi connectivity index (χ4n) is 3.33. The molecule has 1 aromatic rings. The number of hydrogen-bond acceptors (Lipinski definition) is 6. The Kier molecular flexibility index (Phi) is 4.36. The van der Waals surface area contributed by atoms with Crippen LogP contribution in [0.15, 0.2) is 23.3 Å². The maximum atomic E-state index is 12.6. The fourth-order valence-corrected chi connectivity index (χ4v) is 3.33. The number of rotatable bonds is 2. The number of carbonyl (C=O) groups excluding carboxylic acids is 2. The molecule has 7 nitrogen and oxygen atoms in total. The molecule has 0 radical (unpaired) electrons. The van der Waals surface area contributed by atoms with E-state index in [-0.39, 0.29) is 11.7 Å². The molecule has 136 valence electrons. The van der Waals surface area contributed by atoms with Crippen LogP contribution in [0, 0.1) is 0 Å². The van der Waals surface area contributed by atoms with Crippen LogP contribution < -0.4 is 14.8 Å². The lowest BCUT2D eigenvalue weighted by atomic mass is 9.95. The smallest absolute Gasteiger partial charge is 0.242 e. The van der Waals surface area contributed by atoms with E-state index in [2.05, 4.69) is 10.4 Å². The van der Waals surface area contributed by atoms with Crippen LogP contribution >= 0.6 is 0 Å². The first-order valence-electron chi connectivity index (χ1n) is 8.88. The van der Waals surface area contributed by atoms with Crippen molar-refractivity contribution in [2.75, 3.05) is 26.8 Å². The van der Waals surface area contributed by atoms with E-state index in [1.807, 2.05) is 12.1 Å². The maximum absolute atomic E-state index is 12.6. The number of hydrazone groups is 1. The van der Waals surface area contributed by atoms with Gasteiger partial charge in [-0.2, -0.15) is 5.10 Å². The monoisotopic (exact) mass is 355 g/mol. The minimum atomic E-state index is -0.174. The molecule has 26 heavy (non-hydrogen) atoms. The van der Waals surface area contributed by atoms with E-state index in [1.165, 1.54) is 5.01 Å². The molecule has 0 aliphatic carbocycles. The second-order valence-corrected chi connectivity index (χ2v) is 6.57. The molecule has 0 spiro atoms. The summed E-state index contributed by atoms with van der Waals surface area (Å²) in [6.07, 6.45) is 3.97. The molecule has 0 aromatic heterocycles. The van der Waals surface area contributed by atoms with Crippen LogP contribution in [-0.2, 0) is 16.0 Å². The fraction of sp³-hybridized carbons (Fsp3) is 0.421. The lowest BCUT2D eigenvalue weighted by Crippen LogP contribution is -2.31. The van der Waals surface area contributed by atoms with Gasteiger partial charge in [0.1, 0.15) is 5.71 Å². The van der Waals surface area contributed by atoms with Gasteiger partial charge in [-0.1, -0.05) is 0 Å². The van der Waals surface area contributed by atoms with Crippen LogP contribution in [0.2, 0.25) is 0 Å². The number of benzene rings is 1. The van der Waals surface area contributed by atoms with Crippen molar-refractivity contribution in [1.82, 2.24) is 10.3 Å². The normalized spacial score (nSPS) is 20.8. The summed E-state index contributed by atoms with van der Waals surface area (Å²) in [5.74, 6) is 1.23. The van der Waals surface area contributed by atoms with Crippen LogP contribution in [0.5, 0.6) is 11.5 Å². The third-order valence-corrected chi connectivity index (χ3v) is 4.74. The van der Waals surface area contributed by atoms with Gasteiger partial charge in [0.15, 0.2) is 11.5 Å². The first kappa shape index (κ1) is 16.6. The van der Waals surface area contributed by atoms with Gasteiger partial charge >= 0.3 is 0 Å². The Hall–Kier alpha value is -2.83. The van der Waals surface area contributed by atoms with Crippen LogP contribution in [0.4, 0.5) is 0 Å². The highest BCUT2D eigenvalue weighted by atomic mass is 16.5. The lowest BCUT2D eigenvalue weighted by Gasteiger charge is -2.23. The molecule has 3 aliphatic rings. The Labute approximate surface area is 151 Å². The van der Waals surface area contributed by atoms with Gasteiger partial charge in [0.05, 0.1) is 13.2 Å². The molecule has 0 fully saturated rings. The van der Waals surface area contributed by atoms with Gasteiger partial charge in [-0.05, 0) is 24.1 Å². The molecule has 1 N–H and O–H groups in total. The molecule has 0 saturated heterocycles. The van der Waals surface area contributed by atoms with Gasteiger partial charge in [-0.3, -0.25) is 9.59 Å². The molecule has 3 aliphatic heterocycles. The summed E-state index contributed by atoms with van der Waals surface area (Å²) in [5.41, 5.74) is 3.25. The van der Waals surface area contributed by atoms with E-state index in [0.29, 0.717) is 37.5 Å². The zero-order valence-electron chi connectivity index (χ0n) is 14.7. The molecule has 0 atom stereocenters. The molecule has 0 saturated carbocycles. The second kappa shape index (κ2) is 6.82. The quantitative estimate of drug-likeness (QED) is 0.814. The number of nitrogens with zero attached hydrogens (tertiary/aromatic N) is 2. The van der Waals surface area contributed by atoms with Crippen molar-refractivity contribution in [2.24, 2.45) is 5.10 Å². The zero-order valence-corrected chi connectivity index (χ0v) is 14.7. The third-order valence-electron chi connectivity index (χ3n) is 4.74.